The van der Waals surface area contributed by atoms with Gasteiger partial charge < -0.3 is 0 Å². The molecular formula is C57H36S2. The predicted octanol–water partition coefficient (Wildman–Crippen LogP) is 17.2. The summed E-state index contributed by atoms with van der Waals surface area (Å²) >= 11 is 3.84. The van der Waals surface area contributed by atoms with E-state index in [9.17, 15) is 0 Å². The van der Waals surface area contributed by atoms with Crippen LogP contribution in [-0.2, 0) is 5.41 Å². The Bertz CT molecular complexity index is 3690. The van der Waals surface area contributed by atoms with Crippen LogP contribution in [0.25, 0.3) is 117 Å². The van der Waals surface area contributed by atoms with Crippen LogP contribution in [0.4, 0.5) is 0 Å². The van der Waals surface area contributed by atoms with E-state index in [0.29, 0.717) is 0 Å². The fourth-order valence-corrected chi connectivity index (χ4v) is 12.9. The summed E-state index contributed by atoms with van der Waals surface area (Å²) in [5, 5.41) is 13.3. The molecular weight excluding hydrogens is 749 g/mol. The van der Waals surface area contributed by atoms with Gasteiger partial charge in [-0.25, -0.2) is 0 Å². The van der Waals surface area contributed by atoms with Crippen molar-refractivity contribution in [2.45, 2.75) is 19.3 Å². The van der Waals surface area contributed by atoms with Gasteiger partial charge in [0.2, 0.25) is 0 Å². The zero-order chi connectivity index (χ0) is 39.0. The van der Waals surface area contributed by atoms with Crippen molar-refractivity contribution in [3.05, 3.63) is 193 Å². The largest absolute Gasteiger partial charge is 0.135 e. The van der Waals surface area contributed by atoms with Gasteiger partial charge in [0, 0.05) is 56.5 Å². The third kappa shape index (κ3) is 4.70. The van der Waals surface area contributed by atoms with Crippen LogP contribution in [0.3, 0.4) is 0 Å². The smallest absolute Gasteiger partial charge is 0.0434 e. The molecule has 0 atom stereocenters. The molecule has 59 heavy (non-hydrogen) atoms. The molecule has 2 aromatic heterocycles. The van der Waals surface area contributed by atoms with Crippen LogP contribution in [0.5, 0.6) is 0 Å². The van der Waals surface area contributed by atoms with Crippen molar-refractivity contribution in [2.75, 3.05) is 0 Å². The van der Waals surface area contributed by atoms with Crippen molar-refractivity contribution in [2.24, 2.45) is 0 Å². The van der Waals surface area contributed by atoms with Crippen LogP contribution in [0.1, 0.15) is 25.0 Å². The lowest BCUT2D eigenvalue weighted by atomic mass is 9.80. The SMILES string of the molecule is CC1(C)c2cc(-c3ccc4sc5c(ccc6c5ccc5c7ccccc7sc56)c4c3)ccc2-c2ccc(-c3c4ccccc4c(-c4ccccc4)c4ccccc34)cc21. The second kappa shape index (κ2) is 12.2. The number of benzene rings is 10. The molecule has 0 N–H and O–H groups in total. The molecule has 0 saturated carbocycles. The molecule has 13 rings (SSSR count). The van der Waals surface area contributed by atoms with E-state index >= 15 is 0 Å². The van der Waals surface area contributed by atoms with E-state index in [0.717, 1.165) is 0 Å². The minimum Gasteiger partial charge on any atom is -0.135 e. The Balaban J connectivity index is 0.923. The molecule has 1 aliphatic rings. The van der Waals surface area contributed by atoms with E-state index in [1.54, 1.807) is 0 Å². The normalized spacial score (nSPS) is 13.4. The zero-order valence-corrected chi connectivity index (χ0v) is 34.3. The van der Waals surface area contributed by atoms with Crippen molar-refractivity contribution in [3.8, 4) is 44.5 Å². The molecule has 12 aromatic rings. The highest BCUT2D eigenvalue weighted by Crippen LogP contribution is 2.53. The van der Waals surface area contributed by atoms with Gasteiger partial charge in [-0.1, -0.05) is 166 Å². The highest BCUT2D eigenvalue weighted by molar-refractivity contribution is 7.28. The quantitative estimate of drug-likeness (QED) is 0.157. The summed E-state index contributed by atoms with van der Waals surface area (Å²) in [6.07, 6.45) is 0. The predicted molar refractivity (Wildman–Crippen MR) is 259 cm³/mol. The fraction of sp³-hybridized carbons (Fsp3) is 0.0526. The van der Waals surface area contributed by atoms with Crippen molar-refractivity contribution < 1.29 is 0 Å². The molecule has 0 radical (unpaired) electrons. The first kappa shape index (κ1) is 33.4. The fourth-order valence-electron chi connectivity index (χ4n) is 10.4. The minimum atomic E-state index is -0.164. The number of thiophene rings is 2. The van der Waals surface area contributed by atoms with Crippen molar-refractivity contribution in [1.82, 2.24) is 0 Å². The molecule has 0 fully saturated rings. The Morgan fingerprint density at radius 3 is 1.34 bits per heavy atom. The maximum atomic E-state index is 2.49. The Morgan fingerprint density at radius 1 is 0.305 bits per heavy atom. The molecule has 276 valence electrons. The van der Waals surface area contributed by atoms with Gasteiger partial charge in [-0.15, -0.1) is 22.7 Å². The Labute approximate surface area is 350 Å². The third-order valence-corrected chi connectivity index (χ3v) is 15.7. The van der Waals surface area contributed by atoms with Crippen molar-refractivity contribution >= 4 is 95.3 Å². The summed E-state index contributed by atoms with van der Waals surface area (Å²) < 4.78 is 5.46. The number of hydrogen-bond donors (Lipinski definition) is 0. The van der Waals surface area contributed by atoms with Crippen LogP contribution in [0.2, 0.25) is 0 Å². The zero-order valence-electron chi connectivity index (χ0n) is 32.6. The lowest BCUT2D eigenvalue weighted by Crippen LogP contribution is -2.15. The Kier molecular flexibility index (Phi) is 6.92. The average molecular weight is 785 g/mol. The molecule has 1 aliphatic carbocycles. The van der Waals surface area contributed by atoms with E-state index in [2.05, 4.69) is 196 Å². The van der Waals surface area contributed by atoms with Crippen LogP contribution in [0, 0.1) is 0 Å². The first-order valence-corrected chi connectivity index (χ1v) is 22.1. The van der Waals surface area contributed by atoms with Gasteiger partial charge in [0.1, 0.15) is 0 Å². The standard InChI is InChI=1S/C57H36S2/c1-57(2)49-31-35(34-22-29-52-48(30-34)47-28-27-45-46(56(47)59-52)26-25-44-39-14-10-11-19-51(39)58-55(44)45)20-23-37(49)38-24-21-36(32-50(38)57)54-42-17-8-6-15-40(42)53(33-12-4-3-5-13-33)41-16-7-9-18-43(41)54/h3-32H,1-2H3. The number of fused-ring (bicyclic) bond motifs is 14. The highest BCUT2D eigenvalue weighted by Gasteiger charge is 2.36. The van der Waals surface area contributed by atoms with Crippen molar-refractivity contribution in [1.29, 1.82) is 0 Å². The van der Waals surface area contributed by atoms with Crippen LogP contribution in [0.15, 0.2) is 182 Å². The number of hydrogen-bond acceptors (Lipinski definition) is 2. The molecule has 2 heterocycles. The summed E-state index contributed by atoms with van der Waals surface area (Å²) in [4.78, 5) is 0. The molecule has 0 amide bonds. The van der Waals surface area contributed by atoms with Gasteiger partial charge in [-0.3, -0.25) is 0 Å². The molecule has 0 bridgehead atoms. The molecule has 10 aromatic carbocycles. The van der Waals surface area contributed by atoms with Gasteiger partial charge >= 0.3 is 0 Å². The van der Waals surface area contributed by atoms with E-state index in [1.165, 1.54) is 128 Å². The summed E-state index contributed by atoms with van der Waals surface area (Å²) in [5.41, 5.74) is 13.0. The topological polar surface area (TPSA) is 0 Å². The van der Waals surface area contributed by atoms with E-state index in [1.807, 2.05) is 22.7 Å². The van der Waals surface area contributed by atoms with Crippen LogP contribution < -0.4 is 0 Å². The van der Waals surface area contributed by atoms with Gasteiger partial charge in [-0.2, -0.15) is 0 Å². The average Bonchev–Trinajstić information content (AvgIpc) is 3.93. The second-order valence-corrected chi connectivity index (χ2v) is 18.8. The monoisotopic (exact) mass is 784 g/mol. The molecule has 0 unspecified atom stereocenters. The van der Waals surface area contributed by atoms with Gasteiger partial charge in [0.25, 0.3) is 0 Å². The molecule has 0 nitrogen and oxygen atoms in total. The van der Waals surface area contributed by atoms with Crippen molar-refractivity contribution in [3.63, 3.8) is 0 Å². The molecule has 2 heteroatoms. The lowest BCUT2D eigenvalue weighted by molar-refractivity contribution is 0.661. The first-order valence-electron chi connectivity index (χ1n) is 20.5. The summed E-state index contributed by atoms with van der Waals surface area (Å²) in [5.74, 6) is 0. The lowest BCUT2D eigenvalue weighted by Gasteiger charge is -2.23. The molecule has 0 saturated heterocycles. The van der Waals surface area contributed by atoms with Crippen LogP contribution >= 0.6 is 22.7 Å². The van der Waals surface area contributed by atoms with E-state index in [4.69, 9.17) is 0 Å². The summed E-state index contributed by atoms with van der Waals surface area (Å²) in [6, 6.07) is 68.5. The maximum Gasteiger partial charge on any atom is 0.0434 e. The van der Waals surface area contributed by atoms with E-state index < -0.39 is 0 Å². The maximum absolute atomic E-state index is 2.49. The highest BCUT2D eigenvalue weighted by atomic mass is 32.1. The first-order chi connectivity index (χ1) is 29.0. The molecule has 0 aliphatic heterocycles. The Morgan fingerprint density at radius 2 is 0.729 bits per heavy atom. The van der Waals surface area contributed by atoms with E-state index in [-0.39, 0.29) is 5.41 Å². The number of rotatable bonds is 3. The second-order valence-electron chi connectivity index (χ2n) is 16.7. The van der Waals surface area contributed by atoms with Gasteiger partial charge in [-0.05, 0) is 108 Å². The third-order valence-electron chi connectivity index (χ3n) is 13.3. The van der Waals surface area contributed by atoms with Crippen LogP contribution in [-0.4, -0.2) is 0 Å². The van der Waals surface area contributed by atoms with Gasteiger partial charge in [0.15, 0.2) is 0 Å². The van der Waals surface area contributed by atoms with Gasteiger partial charge in [0.05, 0.1) is 0 Å². The molecule has 0 spiro atoms. The summed E-state index contributed by atoms with van der Waals surface area (Å²) in [6.45, 7) is 4.82. The Hall–Kier alpha value is -6.58. The minimum absolute atomic E-state index is 0.164. The summed E-state index contributed by atoms with van der Waals surface area (Å²) in [7, 11) is 0.